The SMILES string of the molecule is Cc1cc(C)cc(CN(C)c2cccc(C#N)c2)c1. The van der Waals surface area contributed by atoms with Gasteiger partial charge in [0.15, 0.2) is 0 Å². The summed E-state index contributed by atoms with van der Waals surface area (Å²) >= 11 is 0. The normalized spacial score (nSPS) is 10.0. The van der Waals surface area contributed by atoms with Gasteiger partial charge in [-0.15, -0.1) is 0 Å². The zero-order valence-corrected chi connectivity index (χ0v) is 11.6. The maximum absolute atomic E-state index is 8.94. The van der Waals surface area contributed by atoms with Crippen molar-refractivity contribution in [2.75, 3.05) is 11.9 Å². The average Bonchev–Trinajstić information content (AvgIpc) is 2.37. The summed E-state index contributed by atoms with van der Waals surface area (Å²) in [6.07, 6.45) is 0. The summed E-state index contributed by atoms with van der Waals surface area (Å²) in [6, 6.07) is 16.5. The van der Waals surface area contributed by atoms with E-state index in [1.807, 2.05) is 31.3 Å². The number of nitrogens with zero attached hydrogens (tertiary/aromatic N) is 2. The fourth-order valence-electron chi connectivity index (χ4n) is 2.34. The van der Waals surface area contributed by atoms with Crippen LogP contribution in [0.4, 0.5) is 5.69 Å². The van der Waals surface area contributed by atoms with Gasteiger partial charge in [-0.1, -0.05) is 35.4 Å². The summed E-state index contributed by atoms with van der Waals surface area (Å²) in [6.45, 7) is 5.08. The molecule has 2 aromatic carbocycles. The third kappa shape index (κ3) is 3.35. The number of hydrogen-bond donors (Lipinski definition) is 0. The summed E-state index contributed by atoms with van der Waals surface area (Å²) in [5.41, 5.74) is 5.63. The molecule has 2 nitrogen and oxygen atoms in total. The van der Waals surface area contributed by atoms with Crippen molar-refractivity contribution in [3.63, 3.8) is 0 Å². The van der Waals surface area contributed by atoms with Crippen LogP contribution in [-0.4, -0.2) is 7.05 Å². The summed E-state index contributed by atoms with van der Waals surface area (Å²) in [7, 11) is 2.05. The zero-order valence-electron chi connectivity index (χ0n) is 11.6. The Labute approximate surface area is 114 Å². The number of aryl methyl sites for hydroxylation is 2. The van der Waals surface area contributed by atoms with Crippen molar-refractivity contribution in [3.05, 3.63) is 64.7 Å². The molecule has 0 saturated carbocycles. The molecule has 0 atom stereocenters. The van der Waals surface area contributed by atoms with Gasteiger partial charge in [-0.25, -0.2) is 0 Å². The highest BCUT2D eigenvalue weighted by atomic mass is 15.1. The van der Waals surface area contributed by atoms with Crippen LogP contribution in [0.2, 0.25) is 0 Å². The number of nitriles is 1. The molecule has 0 fully saturated rings. The van der Waals surface area contributed by atoms with E-state index in [4.69, 9.17) is 5.26 Å². The van der Waals surface area contributed by atoms with E-state index >= 15 is 0 Å². The lowest BCUT2D eigenvalue weighted by molar-refractivity contribution is 0.919. The fraction of sp³-hybridized carbons (Fsp3) is 0.235. The minimum atomic E-state index is 0.699. The van der Waals surface area contributed by atoms with E-state index in [1.165, 1.54) is 16.7 Å². The van der Waals surface area contributed by atoms with Gasteiger partial charge in [0.05, 0.1) is 11.6 Å². The van der Waals surface area contributed by atoms with Crippen LogP contribution in [0.1, 0.15) is 22.3 Å². The van der Waals surface area contributed by atoms with Crippen LogP contribution in [0.3, 0.4) is 0 Å². The first kappa shape index (κ1) is 13.2. The van der Waals surface area contributed by atoms with E-state index < -0.39 is 0 Å². The molecule has 0 spiro atoms. The topological polar surface area (TPSA) is 27.0 Å². The first-order valence-electron chi connectivity index (χ1n) is 6.37. The number of benzene rings is 2. The van der Waals surface area contributed by atoms with Crippen LogP contribution in [0.15, 0.2) is 42.5 Å². The fourth-order valence-corrected chi connectivity index (χ4v) is 2.34. The molecule has 0 heterocycles. The van der Waals surface area contributed by atoms with Gasteiger partial charge >= 0.3 is 0 Å². The second-order valence-electron chi connectivity index (χ2n) is 5.01. The Kier molecular flexibility index (Phi) is 3.87. The molecule has 2 heteroatoms. The highest BCUT2D eigenvalue weighted by molar-refractivity contribution is 5.51. The molecule has 0 bridgehead atoms. The Morgan fingerprint density at radius 2 is 1.74 bits per heavy atom. The van der Waals surface area contributed by atoms with Crippen LogP contribution < -0.4 is 4.90 Å². The largest absolute Gasteiger partial charge is 0.370 e. The van der Waals surface area contributed by atoms with Crippen LogP contribution >= 0.6 is 0 Å². The summed E-state index contributed by atoms with van der Waals surface area (Å²) < 4.78 is 0. The molecule has 96 valence electrons. The molecule has 0 radical (unpaired) electrons. The molecular weight excluding hydrogens is 232 g/mol. The zero-order chi connectivity index (χ0) is 13.8. The van der Waals surface area contributed by atoms with E-state index in [1.54, 1.807) is 0 Å². The van der Waals surface area contributed by atoms with Gasteiger partial charge in [-0.3, -0.25) is 0 Å². The van der Waals surface area contributed by atoms with E-state index in [0.29, 0.717) is 5.56 Å². The lowest BCUT2D eigenvalue weighted by Crippen LogP contribution is -2.16. The molecule has 19 heavy (non-hydrogen) atoms. The predicted molar refractivity (Wildman–Crippen MR) is 79.2 cm³/mol. The second-order valence-corrected chi connectivity index (χ2v) is 5.01. The Morgan fingerprint density at radius 3 is 2.37 bits per heavy atom. The molecule has 2 aromatic rings. The molecule has 0 aliphatic carbocycles. The van der Waals surface area contributed by atoms with Crippen LogP contribution in [0.25, 0.3) is 0 Å². The van der Waals surface area contributed by atoms with Gasteiger partial charge in [0.1, 0.15) is 0 Å². The Bertz CT molecular complexity index is 603. The maximum Gasteiger partial charge on any atom is 0.0992 e. The smallest absolute Gasteiger partial charge is 0.0992 e. The van der Waals surface area contributed by atoms with E-state index in [9.17, 15) is 0 Å². The van der Waals surface area contributed by atoms with E-state index in [-0.39, 0.29) is 0 Å². The van der Waals surface area contributed by atoms with Gasteiger partial charge < -0.3 is 4.90 Å². The minimum Gasteiger partial charge on any atom is -0.370 e. The number of hydrogen-bond acceptors (Lipinski definition) is 2. The van der Waals surface area contributed by atoms with Gasteiger partial charge in [-0.05, 0) is 37.6 Å². The van der Waals surface area contributed by atoms with Crippen LogP contribution in [0, 0.1) is 25.2 Å². The highest BCUT2D eigenvalue weighted by Gasteiger charge is 2.04. The van der Waals surface area contributed by atoms with Crippen LogP contribution in [0.5, 0.6) is 0 Å². The van der Waals surface area contributed by atoms with Gasteiger partial charge in [0.25, 0.3) is 0 Å². The molecule has 0 N–H and O–H groups in total. The standard InChI is InChI=1S/C17H18N2/c1-13-7-14(2)9-16(8-13)12-19(3)17-6-4-5-15(10-17)11-18/h4-10H,12H2,1-3H3. The molecule has 2 rings (SSSR count). The van der Waals surface area contributed by atoms with Gasteiger partial charge in [0.2, 0.25) is 0 Å². The third-order valence-corrected chi connectivity index (χ3v) is 3.12. The summed E-state index contributed by atoms with van der Waals surface area (Å²) in [5.74, 6) is 0. The Hall–Kier alpha value is -2.27. The maximum atomic E-state index is 8.94. The minimum absolute atomic E-state index is 0.699. The lowest BCUT2D eigenvalue weighted by Gasteiger charge is -2.20. The highest BCUT2D eigenvalue weighted by Crippen LogP contribution is 2.18. The predicted octanol–water partition coefficient (Wildman–Crippen LogP) is 3.81. The van der Waals surface area contributed by atoms with Crippen molar-refractivity contribution in [2.45, 2.75) is 20.4 Å². The monoisotopic (exact) mass is 250 g/mol. The van der Waals surface area contributed by atoms with E-state index in [0.717, 1.165) is 12.2 Å². The number of rotatable bonds is 3. The van der Waals surface area contributed by atoms with Crippen molar-refractivity contribution in [1.29, 1.82) is 5.26 Å². The second kappa shape index (κ2) is 5.58. The van der Waals surface area contributed by atoms with Crippen molar-refractivity contribution < 1.29 is 0 Å². The molecule has 0 aliphatic heterocycles. The van der Waals surface area contributed by atoms with Gasteiger partial charge in [0, 0.05) is 19.3 Å². The number of anilines is 1. The van der Waals surface area contributed by atoms with Crippen LogP contribution in [-0.2, 0) is 6.54 Å². The average molecular weight is 250 g/mol. The Balaban J connectivity index is 2.20. The quantitative estimate of drug-likeness (QED) is 0.828. The van der Waals surface area contributed by atoms with Crippen molar-refractivity contribution in [1.82, 2.24) is 0 Å². The Morgan fingerprint density at radius 1 is 1.05 bits per heavy atom. The first-order valence-corrected chi connectivity index (χ1v) is 6.37. The third-order valence-electron chi connectivity index (χ3n) is 3.12. The molecule has 0 amide bonds. The summed E-state index contributed by atoms with van der Waals surface area (Å²) in [4.78, 5) is 2.16. The summed E-state index contributed by atoms with van der Waals surface area (Å²) in [5, 5.41) is 8.94. The lowest BCUT2D eigenvalue weighted by atomic mass is 10.1. The molecule has 0 unspecified atom stereocenters. The van der Waals surface area contributed by atoms with Crippen molar-refractivity contribution in [3.8, 4) is 6.07 Å². The molecular formula is C17H18N2. The van der Waals surface area contributed by atoms with Gasteiger partial charge in [-0.2, -0.15) is 5.26 Å². The molecule has 0 aliphatic rings. The van der Waals surface area contributed by atoms with Crippen molar-refractivity contribution in [2.24, 2.45) is 0 Å². The molecule has 0 saturated heterocycles. The van der Waals surface area contributed by atoms with Crippen molar-refractivity contribution >= 4 is 5.69 Å². The molecule has 0 aromatic heterocycles. The van der Waals surface area contributed by atoms with E-state index in [2.05, 4.69) is 43.0 Å². The first-order chi connectivity index (χ1) is 9.08.